The molecule has 0 aromatic heterocycles. The normalized spacial score (nSPS) is 30.8. The van der Waals surface area contributed by atoms with E-state index in [1.807, 2.05) is 0 Å². The van der Waals surface area contributed by atoms with Gasteiger partial charge in [0.15, 0.2) is 0 Å². The van der Waals surface area contributed by atoms with E-state index in [1.54, 1.807) is 0 Å². The fourth-order valence-electron chi connectivity index (χ4n) is 0.644. The zero-order valence-electron chi connectivity index (χ0n) is 5.73. The summed E-state index contributed by atoms with van der Waals surface area (Å²) in [6.45, 7) is 3.16. The Bertz CT molecular complexity index is 166. The van der Waals surface area contributed by atoms with Crippen molar-refractivity contribution in [2.45, 2.75) is 12.6 Å². The lowest BCUT2D eigenvalue weighted by Gasteiger charge is -2.23. The summed E-state index contributed by atoms with van der Waals surface area (Å²) < 4.78 is 13.7. The van der Waals surface area contributed by atoms with Gasteiger partial charge in [0, 0.05) is 0 Å². The average Bonchev–Trinajstić information content (AvgIpc) is 1.95. The highest BCUT2D eigenvalue weighted by Crippen LogP contribution is 2.07. The van der Waals surface area contributed by atoms with E-state index >= 15 is 0 Å². The van der Waals surface area contributed by atoms with Gasteiger partial charge < -0.3 is 19.3 Å². The lowest BCUT2D eigenvalue weighted by molar-refractivity contribution is -0.248. The molecular weight excluding hydrogens is 152 g/mol. The Hall–Kier alpha value is -1.07. The maximum absolute atomic E-state index is 10.7. The second kappa shape index (κ2) is 3.36. The second-order valence-electron chi connectivity index (χ2n) is 1.86. The molecule has 62 valence electrons. The molecule has 1 aliphatic heterocycles. The third kappa shape index (κ3) is 1.92. The third-order valence-electron chi connectivity index (χ3n) is 1.05. The van der Waals surface area contributed by atoms with Crippen LogP contribution in [0.4, 0.5) is 0 Å². The number of aliphatic hydroxyl groups is 1. The van der Waals surface area contributed by atoms with Gasteiger partial charge in [0.2, 0.25) is 6.29 Å². The van der Waals surface area contributed by atoms with Gasteiger partial charge >= 0.3 is 5.97 Å². The molecule has 1 fully saturated rings. The Labute approximate surface area is 63.2 Å². The highest BCUT2D eigenvalue weighted by Gasteiger charge is 2.30. The predicted octanol–water partition coefficient (Wildman–Crippen LogP) is -0.636. The molecule has 1 aliphatic rings. The molecule has 1 N–H and O–H groups in total. The van der Waals surface area contributed by atoms with Gasteiger partial charge in [-0.2, -0.15) is 0 Å². The van der Waals surface area contributed by atoms with Gasteiger partial charge in [0.1, 0.15) is 6.61 Å². The lowest BCUT2D eigenvalue weighted by atomic mass is 10.5. The highest BCUT2D eigenvalue weighted by molar-refractivity contribution is 5.73. The van der Waals surface area contributed by atoms with Gasteiger partial charge in [0.05, 0.1) is 6.26 Å². The first-order valence-corrected chi connectivity index (χ1v) is 3.00. The molecule has 1 rings (SSSR count). The van der Waals surface area contributed by atoms with Crippen molar-refractivity contribution in [1.82, 2.24) is 0 Å². The molecule has 5 heteroatoms. The number of ether oxygens (including phenoxy) is 3. The van der Waals surface area contributed by atoms with Crippen molar-refractivity contribution in [2.24, 2.45) is 0 Å². The van der Waals surface area contributed by atoms with Gasteiger partial charge in [-0.25, -0.2) is 4.79 Å². The minimum absolute atomic E-state index is 0.0791. The maximum atomic E-state index is 10.7. The minimum atomic E-state index is -1.19. The summed E-state index contributed by atoms with van der Waals surface area (Å²) in [6.07, 6.45) is -1.20. The zero-order valence-corrected chi connectivity index (χ0v) is 5.73. The summed E-state index contributed by atoms with van der Waals surface area (Å²) in [5, 5.41) is 8.72. The summed E-state index contributed by atoms with van der Waals surface area (Å²) in [4.78, 5) is 10.7. The summed E-state index contributed by atoms with van der Waals surface area (Å²) in [6, 6.07) is 0. The SMILES string of the molecule is C=COC1OCC(O)OC1=O. The summed E-state index contributed by atoms with van der Waals surface area (Å²) >= 11 is 0. The van der Waals surface area contributed by atoms with Crippen LogP contribution >= 0.6 is 0 Å². The number of hydrogen-bond acceptors (Lipinski definition) is 5. The number of carbonyl (C=O) groups excluding carboxylic acids is 1. The number of aliphatic hydroxyl groups excluding tert-OH is 1. The monoisotopic (exact) mass is 160 g/mol. The van der Waals surface area contributed by atoms with Gasteiger partial charge in [-0.1, -0.05) is 6.58 Å². The van der Waals surface area contributed by atoms with E-state index < -0.39 is 18.5 Å². The van der Waals surface area contributed by atoms with Gasteiger partial charge in [0.25, 0.3) is 6.29 Å². The molecule has 11 heavy (non-hydrogen) atoms. The quantitative estimate of drug-likeness (QED) is 0.430. The van der Waals surface area contributed by atoms with Crippen LogP contribution in [0.2, 0.25) is 0 Å². The van der Waals surface area contributed by atoms with Gasteiger partial charge in [-0.3, -0.25) is 0 Å². The molecule has 0 spiro atoms. The Balaban J connectivity index is 2.43. The largest absolute Gasteiger partial charge is 0.462 e. The van der Waals surface area contributed by atoms with Crippen molar-refractivity contribution in [1.29, 1.82) is 0 Å². The number of carbonyl (C=O) groups is 1. The average molecular weight is 160 g/mol. The number of esters is 1. The first-order valence-electron chi connectivity index (χ1n) is 3.00. The molecule has 0 amide bonds. The number of cyclic esters (lactones) is 1. The van der Waals surface area contributed by atoms with Crippen LogP contribution in [0.25, 0.3) is 0 Å². The van der Waals surface area contributed by atoms with Crippen LogP contribution < -0.4 is 0 Å². The van der Waals surface area contributed by atoms with Gasteiger partial charge in [-0.05, 0) is 0 Å². The third-order valence-corrected chi connectivity index (χ3v) is 1.05. The molecule has 2 atom stereocenters. The van der Waals surface area contributed by atoms with Crippen molar-refractivity contribution in [3.05, 3.63) is 12.8 Å². The van der Waals surface area contributed by atoms with Crippen molar-refractivity contribution >= 4 is 5.97 Å². The van der Waals surface area contributed by atoms with E-state index in [-0.39, 0.29) is 6.61 Å². The van der Waals surface area contributed by atoms with Crippen LogP contribution in [0.5, 0.6) is 0 Å². The van der Waals surface area contributed by atoms with Crippen LogP contribution in [-0.4, -0.2) is 30.3 Å². The van der Waals surface area contributed by atoms with Crippen molar-refractivity contribution in [3.8, 4) is 0 Å². The van der Waals surface area contributed by atoms with Crippen LogP contribution in [0.1, 0.15) is 0 Å². The van der Waals surface area contributed by atoms with Crippen molar-refractivity contribution < 1.29 is 24.1 Å². The Morgan fingerprint density at radius 3 is 3.09 bits per heavy atom. The van der Waals surface area contributed by atoms with E-state index in [4.69, 9.17) is 9.84 Å². The van der Waals surface area contributed by atoms with Crippen LogP contribution in [-0.2, 0) is 19.0 Å². The van der Waals surface area contributed by atoms with Gasteiger partial charge in [-0.15, -0.1) is 0 Å². The fraction of sp³-hybridized carbons (Fsp3) is 0.500. The summed E-state index contributed by atoms with van der Waals surface area (Å²) in [5.74, 6) is -0.747. The smallest absolute Gasteiger partial charge is 0.378 e. The van der Waals surface area contributed by atoms with Crippen molar-refractivity contribution in [3.63, 3.8) is 0 Å². The van der Waals surface area contributed by atoms with Crippen LogP contribution in [0.3, 0.4) is 0 Å². The zero-order chi connectivity index (χ0) is 8.27. The second-order valence-corrected chi connectivity index (χ2v) is 1.86. The Morgan fingerprint density at radius 2 is 2.55 bits per heavy atom. The fourth-order valence-corrected chi connectivity index (χ4v) is 0.644. The summed E-state index contributed by atoms with van der Waals surface area (Å²) in [5.41, 5.74) is 0. The predicted molar refractivity (Wildman–Crippen MR) is 33.1 cm³/mol. The highest BCUT2D eigenvalue weighted by atomic mass is 16.8. The molecule has 5 nitrogen and oxygen atoms in total. The Kier molecular flexibility index (Phi) is 2.45. The first-order chi connectivity index (χ1) is 5.24. The molecular formula is C6H8O5. The molecule has 1 saturated heterocycles. The van der Waals surface area contributed by atoms with Crippen LogP contribution in [0, 0.1) is 0 Å². The Morgan fingerprint density at radius 1 is 1.82 bits per heavy atom. The molecule has 0 bridgehead atoms. The van der Waals surface area contributed by atoms with Crippen molar-refractivity contribution in [2.75, 3.05) is 6.61 Å². The molecule has 1 heterocycles. The van der Waals surface area contributed by atoms with E-state index in [0.29, 0.717) is 0 Å². The molecule has 0 aromatic rings. The maximum Gasteiger partial charge on any atom is 0.378 e. The van der Waals surface area contributed by atoms with E-state index in [0.717, 1.165) is 6.26 Å². The summed E-state index contributed by atoms with van der Waals surface area (Å²) in [7, 11) is 0. The molecule has 0 aromatic carbocycles. The molecule has 0 aliphatic carbocycles. The van der Waals surface area contributed by atoms with Crippen LogP contribution in [0.15, 0.2) is 12.8 Å². The topological polar surface area (TPSA) is 65.0 Å². The number of rotatable bonds is 2. The van der Waals surface area contributed by atoms with E-state index in [1.165, 1.54) is 0 Å². The standard InChI is InChI=1S/C6H8O5/c1-2-9-6-5(8)11-4(7)3-10-6/h2,4,6-7H,1,3H2. The molecule has 2 unspecified atom stereocenters. The van der Waals surface area contributed by atoms with E-state index in [9.17, 15) is 4.79 Å². The van der Waals surface area contributed by atoms with E-state index in [2.05, 4.69) is 16.1 Å². The first kappa shape index (κ1) is 8.03. The molecule has 0 saturated carbocycles. The number of hydrogen-bond donors (Lipinski definition) is 1. The molecule has 0 radical (unpaired) electrons. The lowest BCUT2D eigenvalue weighted by Crippen LogP contribution is -2.40. The minimum Gasteiger partial charge on any atom is -0.462 e.